The van der Waals surface area contributed by atoms with Crippen molar-refractivity contribution in [1.82, 2.24) is 9.55 Å². The molecule has 0 atom stereocenters. The molecule has 2 nitrogen and oxygen atoms in total. The number of hydrogen-bond acceptors (Lipinski definition) is 1. The second-order valence-corrected chi connectivity index (χ2v) is 6.68. The zero-order valence-electron chi connectivity index (χ0n) is 14.4. The predicted molar refractivity (Wildman–Crippen MR) is 97.0 cm³/mol. The lowest BCUT2D eigenvalue weighted by atomic mass is 10.0. The zero-order chi connectivity index (χ0) is 16.4. The van der Waals surface area contributed by atoms with E-state index in [1.54, 1.807) is 0 Å². The maximum Gasteiger partial charge on any atom is 0.113 e. The maximum absolute atomic E-state index is 4.68. The van der Waals surface area contributed by atoms with E-state index in [9.17, 15) is 0 Å². The molecule has 0 unspecified atom stereocenters. The van der Waals surface area contributed by atoms with Crippen LogP contribution in [0.2, 0.25) is 0 Å². The Kier molecular flexibility index (Phi) is 4.33. The molecule has 2 heteroatoms. The first-order chi connectivity index (χ1) is 11.0. The summed E-state index contributed by atoms with van der Waals surface area (Å²) in [6.45, 7) is 8.65. The van der Waals surface area contributed by atoms with E-state index in [4.69, 9.17) is 0 Å². The average molecular weight is 304 g/mol. The van der Waals surface area contributed by atoms with Crippen LogP contribution < -0.4 is 0 Å². The lowest BCUT2D eigenvalue weighted by molar-refractivity contribution is 0.613. The first-order valence-corrected chi connectivity index (χ1v) is 8.25. The third kappa shape index (κ3) is 3.53. The second-order valence-electron chi connectivity index (χ2n) is 6.68. The lowest BCUT2D eigenvalue weighted by Crippen LogP contribution is -2.04. The fourth-order valence-corrected chi connectivity index (χ4v) is 2.92. The highest BCUT2D eigenvalue weighted by Crippen LogP contribution is 2.23. The van der Waals surface area contributed by atoms with Crippen LogP contribution in [-0.2, 0) is 6.42 Å². The smallest absolute Gasteiger partial charge is 0.113 e. The summed E-state index contributed by atoms with van der Waals surface area (Å²) in [6.07, 6.45) is 3.12. The van der Waals surface area contributed by atoms with Crippen LogP contribution in [0.3, 0.4) is 0 Å². The van der Waals surface area contributed by atoms with Crippen molar-refractivity contribution in [3.8, 4) is 16.8 Å². The van der Waals surface area contributed by atoms with E-state index < -0.39 is 0 Å². The molecule has 23 heavy (non-hydrogen) atoms. The summed E-state index contributed by atoms with van der Waals surface area (Å²) in [4.78, 5) is 4.68. The number of hydrogen-bond donors (Lipinski definition) is 0. The highest BCUT2D eigenvalue weighted by molar-refractivity contribution is 5.65. The van der Waals surface area contributed by atoms with Gasteiger partial charge in [-0.3, -0.25) is 0 Å². The fourth-order valence-electron chi connectivity index (χ4n) is 2.92. The van der Waals surface area contributed by atoms with Gasteiger partial charge in [-0.15, -0.1) is 0 Å². The molecule has 0 amide bonds. The number of aromatic nitrogens is 2. The third-order valence-electron chi connectivity index (χ3n) is 3.99. The molecule has 118 valence electrons. The van der Waals surface area contributed by atoms with Crippen molar-refractivity contribution in [2.75, 3.05) is 0 Å². The van der Waals surface area contributed by atoms with Gasteiger partial charge in [-0.05, 0) is 43.0 Å². The summed E-state index contributed by atoms with van der Waals surface area (Å²) in [5, 5.41) is 0. The quantitative estimate of drug-likeness (QED) is 0.635. The Bertz CT molecular complexity index is 795. The van der Waals surface area contributed by atoms with E-state index in [0.717, 1.165) is 17.9 Å². The van der Waals surface area contributed by atoms with Crippen molar-refractivity contribution in [2.24, 2.45) is 5.92 Å². The average Bonchev–Trinajstić information content (AvgIpc) is 2.87. The van der Waals surface area contributed by atoms with Crippen LogP contribution in [-0.4, -0.2) is 9.55 Å². The van der Waals surface area contributed by atoms with E-state index in [2.05, 4.69) is 92.0 Å². The lowest BCUT2D eigenvalue weighted by Gasteiger charge is -2.10. The monoisotopic (exact) mass is 304 g/mol. The Hall–Kier alpha value is -2.35. The van der Waals surface area contributed by atoms with Gasteiger partial charge in [0.15, 0.2) is 0 Å². The van der Waals surface area contributed by atoms with Crippen LogP contribution in [0.25, 0.3) is 16.8 Å². The summed E-state index contributed by atoms with van der Waals surface area (Å²) in [5.74, 6) is 1.74. The number of imidazole rings is 1. The molecule has 0 radical (unpaired) electrons. The predicted octanol–water partition coefficient (Wildman–Crippen LogP) is 5.35. The highest BCUT2D eigenvalue weighted by Gasteiger charge is 2.09. The minimum atomic E-state index is 0.599. The van der Waals surface area contributed by atoms with E-state index in [0.29, 0.717) is 5.92 Å². The topological polar surface area (TPSA) is 17.8 Å². The molecule has 0 fully saturated rings. The van der Waals surface area contributed by atoms with Gasteiger partial charge < -0.3 is 4.57 Å². The van der Waals surface area contributed by atoms with Crippen molar-refractivity contribution < 1.29 is 0 Å². The van der Waals surface area contributed by atoms with Gasteiger partial charge >= 0.3 is 0 Å². The van der Waals surface area contributed by atoms with Crippen molar-refractivity contribution in [3.63, 3.8) is 0 Å². The van der Waals surface area contributed by atoms with Crippen molar-refractivity contribution in [3.05, 3.63) is 71.8 Å². The van der Waals surface area contributed by atoms with Crippen LogP contribution in [0.1, 0.15) is 30.9 Å². The SMILES string of the molecule is Cc1cccc(-c2ccc(-n3cc(C)nc3CC(C)C)cc2)c1. The third-order valence-corrected chi connectivity index (χ3v) is 3.99. The molecular formula is C21H24N2. The van der Waals surface area contributed by atoms with Gasteiger partial charge in [-0.25, -0.2) is 4.98 Å². The molecule has 0 bridgehead atoms. The van der Waals surface area contributed by atoms with Crippen LogP contribution in [0, 0.1) is 19.8 Å². The van der Waals surface area contributed by atoms with Crippen LogP contribution in [0.4, 0.5) is 0 Å². The summed E-state index contributed by atoms with van der Waals surface area (Å²) < 4.78 is 2.22. The zero-order valence-corrected chi connectivity index (χ0v) is 14.4. The van der Waals surface area contributed by atoms with Crippen molar-refractivity contribution in [1.29, 1.82) is 0 Å². The Morgan fingerprint density at radius 1 is 0.957 bits per heavy atom. The van der Waals surface area contributed by atoms with E-state index in [1.807, 2.05) is 0 Å². The Labute approximate surface area is 138 Å². The minimum Gasteiger partial charge on any atom is -0.303 e. The van der Waals surface area contributed by atoms with Gasteiger partial charge in [0.25, 0.3) is 0 Å². The molecule has 0 saturated carbocycles. The normalized spacial score (nSPS) is 11.2. The standard InChI is InChI=1S/C21H24N2/c1-15(2)12-21-22-17(4)14-23(21)20-10-8-18(9-11-20)19-7-5-6-16(3)13-19/h5-11,13-15H,12H2,1-4H3. The molecule has 0 aliphatic rings. The number of benzene rings is 2. The highest BCUT2D eigenvalue weighted by atomic mass is 15.1. The summed E-state index contributed by atoms with van der Waals surface area (Å²) in [5.41, 5.74) is 6.05. The first-order valence-electron chi connectivity index (χ1n) is 8.25. The molecule has 2 aromatic carbocycles. The molecule has 3 aromatic rings. The second kappa shape index (κ2) is 6.41. The molecule has 0 aliphatic heterocycles. The summed E-state index contributed by atoms with van der Waals surface area (Å²) in [6, 6.07) is 17.4. The van der Waals surface area contributed by atoms with Gasteiger partial charge in [0.2, 0.25) is 0 Å². The molecule has 0 aliphatic carbocycles. The van der Waals surface area contributed by atoms with E-state index in [-0.39, 0.29) is 0 Å². The van der Waals surface area contributed by atoms with Crippen molar-refractivity contribution >= 4 is 0 Å². The van der Waals surface area contributed by atoms with Gasteiger partial charge in [-0.1, -0.05) is 55.8 Å². The van der Waals surface area contributed by atoms with Gasteiger partial charge in [-0.2, -0.15) is 0 Å². The van der Waals surface area contributed by atoms with Crippen LogP contribution >= 0.6 is 0 Å². The molecular weight excluding hydrogens is 280 g/mol. The molecule has 0 spiro atoms. The Morgan fingerprint density at radius 2 is 1.70 bits per heavy atom. The molecule has 1 heterocycles. The molecule has 0 N–H and O–H groups in total. The molecule has 0 saturated heterocycles. The summed E-state index contributed by atoms with van der Waals surface area (Å²) >= 11 is 0. The van der Waals surface area contributed by atoms with Crippen LogP contribution in [0.5, 0.6) is 0 Å². The van der Waals surface area contributed by atoms with E-state index in [1.165, 1.54) is 22.4 Å². The van der Waals surface area contributed by atoms with Gasteiger partial charge in [0.1, 0.15) is 5.82 Å². The minimum absolute atomic E-state index is 0.599. The Morgan fingerprint density at radius 3 is 2.35 bits per heavy atom. The van der Waals surface area contributed by atoms with E-state index >= 15 is 0 Å². The summed E-state index contributed by atoms with van der Waals surface area (Å²) in [7, 11) is 0. The van der Waals surface area contributed by atoms with Crippen LogP contribution in [0.15, 0.2) is 54.7 Å². The number of nitrogens with zero attached hydrogens (tertiary/aromatic N) is 2. The number of rotatable bonds is 4. The van der Waals surface area contributed by atoms with Gasteiger partial charge in [0, 0.05) is 18.3 Å². The molecule has 3 rings (SSSR count). The fraction of sp³-hybridized carbons (Fsp3) is 0.286. The number of aryl methyl sites for hydroxylation is 2. The van der Waals surface area contributed by atoms with Gasteiger partial charge in [0.05, 0.1) is 5.69 Å². The van der Waals surface area contributed by atoms with Crippen molar-refractivity contribution in [2.45, 2.75) is 34.1 Å². The molecule has 1 aromatic heterocycles. The first kappa shape index (κ1) is 15.5. The largest absolute Gasteiger partial charge is 0.303 e. The maximum atomic E-state index is 4.68. The Balaban J connectivity index is 1.94.